The molecule has 6 nitrogen and oxygen atoms in total. The molecule has 7 heteroatoms. The number of imidazole rings is 1. The molecule has 0 amide bonds. The van der Waals surface area contributed by atoms with Crippen molar-refractivity contribution in [3.63, 3.8) is 0 Å². The lowest BCUT2D eigenvalue weighted by Gasteiger charge is -2.31. The zero-order valence-electron chi connectivity index (χ0n) is 15.5. The Morgan fingerprint density at radius 1 is 1.23 bits per heavy atom. The van der Waals surface area contributed by atoms with Gasteiger partial charge in [0.05, 0.1) is 11.2 Å². The predicted molar refractivity (Wildman–Crippen MR) is 103 cm³/mol. The van der Waals surface area contributed by atoms with Gasteiger partial charge in [-0.2, -0.15) is 0 Å². The summed E-state index contributed by atoms with van der Waals surface area (Å²) in [6.45, 7) is 7.24. The van der Waals surface area contributed by atoms with E-state index in [4.69, 9.17) is 9.97 Å². The van der Waals surface area contributed by atoms with E-state index in [0.29, 0.717) is 5.92 Å². The summed E-state index contributed by atoms with van der Waals surface area (Å²) in [6.07, 6.45) is 6.08. The molecule has 1 aliphatic heterocycles. The summed E-state index contributed by atoms with van der Waals surface area (Å²) in [5.41, 5.74) is 5.01. The highest BCUT2D eigenvalue weighted by Crippen LogP contribution is 2.28. The van der Waals surface area contributed by atoms with Gasteiger partial charge in [-0.3, -0.25) is 4.90 Å². The number of aryl methyl sites for hydroxylation is 3. The van der Waals surface area contributed by atoms with Crippen molar-refractivity contribution in [2.45, 2.75) is 39.2 Å². The third kappa shape index (κ3) is 3.54. The second-order valence-corrected chi connectivity index (χ2v) is 7.99. The number of aromatic nitrogens is 5. The Hall–Kier alpha value is -2.12. The van der Waals surface area contributed by atoms with Crippen LogP contribution in [0.4, 0.5) is 0 Å². The van der Waals surface area contributed by atoms with Crippen molar-refractivity contribution >= 4 is 11.3 Å². The van der Waals surface area contributed by atoms with Crippen molar-refractivity contribution in [1.82, 2.24) is 29.4 Å². The maximum Gasteiger partial charge on any atom is 0.158 e. The van der Waals surface area contributed by atoms with Gasteiger partial charge in [-0.15, -0.1) is 11.3 Å². The van der Waals surface area contributed by atoms with Crippen LogP contribution >= 0.6 is 11.3 Å². The van der Waals surface area contributed by atoms with Crippen molar-refractivity contribution in [3.8, 4) is 11.5 Å². The van der Waals surface area contributed by atoms with Crippen LogP contribution in [-0.4, -0.2) is 42.5 Å². The molecule has 0 aromatic carbocycles. The highest BCUT2D eigenvalue weighted by atomic mass is 32.1. The maximum atomic E-state index is 4.88. The molecular weight excluding hydrogens is 344 g/mol. The molecule has 0 saturated carbocycles. The van der Waals surface area contributed by atoms with E-state index in [1.807, 2.05) is 42.5 Å². The van der Waals surface area contributed by atoms with E-state index in [0.717, 1.165) is 54.8 Å². The summed E-state index contributed by atoms with van der Waals surface area (Å²) >= 11 is 1.75. The van der Waals surface area contributed by atoms with E-state index in [2.05, 4.69) is 21.8 Å². The van der Waals surface area contributed by atoms with E-state index >= 15 is 0 Å². The van der Waals surface area contributed by atoms with Crippen LogP contribution in [-0.2, 0) is 13.6 Å². The monoisotopic (exact) mass is 368 g/mol. The van der Waals surface area contributed by atoms with E-state index in [1.54, 1.807) is 11.3 Å². The molecule has 136 valence electrons. The van der Waals surface area contributed by atoms with Gasteiger partial charge >= 0.3 is 0 Å². The van der Waals surface area contributed by atoms with Crippen LogP contribution in [0.1, 0.15) is 40.8 Å². The first-order valence-electron chi connectivity index (χ1n) is 9.04. The number of nitrogens with zero attached hydrogens (tertiary/aromatic N) is 6. The number of likely N-dealkylation sites (tertiary alicyclic amines) is 1. The molecule has 0 aliphatic carbocycles. The lowest BCUT2D eigenvalue weighted by molar-refractivity contribution is 0.197. The van der Waals surface area contributed by atoms with E-state index in [1.165, 1.54) is 11.3 Å². The Bertz CT molecular complexity index is 899. The predicted octanol–water partition coefficient (Wildman–Crippen LogP) is 3.33. The van der Waals surface area contributed by atoms with Crippen LogP contribution in [0.2, 0.25) is 0 Å². The molecule has 1 fully saturated rings. The number of rotatable bonds is 4. The third-order valence-electron chi connectivity index (χ3n) is 5.00. The van der Waals surface area contributed by atoms with Gasteiger partial charge in [0.25, 0.3) is 0 Å². The number of hydrogen-bond acceptors (Lipinski definition) is 6. The first-order chi connectivity index (χ1) is 12.6. The quantitative estimate of drug-likeness (QED) is 0.707. The Kier molecular flexibility index (Phi) is 4.82. The van der Waals surface area contributed by atoms with Crippen LogP contribution in [0.3, 0.4) is 0 Å². The van der Waals surface area contributed by atoms with Crippen molar-refractivity contribution in [3.05, 3.63) is 46.1 Å². The summed E-state index contributed by atoms with van der Waals surface area (Å²) in [5.74, 6) is 2.22. The van der Waals surface area contributed by atoms with E-state index in [9.17, 15) is 0 Å². The SMILES string of the molecule is Cc1cc(-c2nccn2C)nc([C@@H]2CCCN(Cc3scnc3C)C2)n1. The second-order valence-electron chi connectivity index (χ2n) is 7.05. The van der Waals surface area contributed by atoms with Gasteiger partial charge in [0, 0.05) is 49.0 Å². The molecule has 0 radical (unpaired) electrons. The molecule has 1 saturated heterocycles. The van der Waals surface area contributed by atoms with Crippen LogP contribution in [0.15, 0.2) is 24.0 Å². The van der Waals surface area contributed by atoms with Gasteiger partial charge in [-0.25, -0.2) is 19.9 Å². The summed E-state index contributed by atoms with van der Waals surface area (Å²) in [5, 5.41) is 0. The number of hydrogen-bond donors (Lipinski definition) is 0. The molecule has 26 heavy (non-hydrogen) atoms. The smallest absolute Gasteiger partial charge is 0.158 e. The topological polar surface area (TPSA) is 59.7 Å². The molecule has 0 bridgehead atoms. The highest BCUT2D eigenvalue weighted by Gasteiger charge is 2.25. The average Bonchev–Trinajstić information content (AvgIpc) is 3.23. The molecule has 4 heterocycles. The molecule has 3 aromatic heterocycles. The molecule has 0 unspecified atom stereocenters. The maximum absolute atomic E-state index is 4.88. The second kappa shape index (κ2) is 7.25. The highest BCUT2D eigenvalue weighted by molar-refractivity contribution is 7.09. The standard InChI is InChI=1S/C19H24N6S/c1-13-9-16(19-20-6-8-24(19)3)23-18(22-13)15-5-4-7-25(10-15)11-17-14(2)21-12-26-17/h6,8-9,12,15H,4-5,7,10-11H2,1-3H3/t15-/m1/s1. The average molecular weight is 369 g/mol. The first kappa shape index (κ1) is 17.3. The van der Waals surface area contributed by atoms with Gasteiger partial charge < -0.3 is 4.57 Å². The number of thiazole rings is 1. The molecule has 1 aliphatic rings. The summed E-state index contributed by atoms with van der Waals surface area (Å²) in [7, 11) is 2.00. The van der Waals surface area contributed by atoms with Crippen molar-refractivity contribution in [1.29, 1.82) is 0 Å². The Morgan fingerprint density at radius 3 is 2.85 bits per heavy atom. The van der Waals surface area contributed by atoms with Crippen molar-refractivity contribution in [2.24, 2.45) is 7.05 Å². The first-order valence-corrected chi connectivity index (χ1v) is 9.92. The van der Waals surface area contributed by atoms with Gasteiger partial charge in [0.1, 0.15) is 11.5 Å². The van der Waals surface area contributed by atoms with Crippen LogP contribution in [0, 0.1) is 13.8 Å². The van der Waals surface area contributed by atoms with E-state index < -0.39 is 0 Å². The minimum Gasteiger partial charge on any atom is -0.333 e. The van der Waals surface area contributed by atoms with Gasteiger partial charge in [-0.1, -0.05) is 0 Å². The normalized spacial score (nSPS) is 18.3. The molecule has 3 aromatic rings. The van der Waals surface area contributed by atoms with Crippen molar-refractivity contribution in [2.75, 3.05) is 13.1 Å². The zero-order valence-corrected chi connectivity index (χ0v) is 16.3. The summed E-state index contributed by atoms with van der Waals surface area (Å²) < 4.78 is 2.01. The fourth-order valence-corrected chi connectivity index (χ4v) is 4.41. The minimum atomic E-state index is 0.371. The van der Waals surface area contributed by atoms with Crippen LogP contribution < -0.4 is 0 Å². The zero-order chi connectivity index (χ0) is 18.1. The molecule has 0 spiro atoms. The van der Waals surface area contributed by atoms with Gasteiger partial charge in [-0.05, 0) is 39.3 Å². The number of piperidine rings is 1. The lowest BCUT2D eigenvalue weighted by Crippen LogP contribution is -2.34. The Labute approximate surface area is 158 Å². The van der Waals surface area contributed by atoms with Crippen LogP contribution in [0.5, 0.6) is 0 Å². The fourth-order valence-electron chi connectivity index (χ4n) is 3.59. The van der Waals surface area contributed by atoms with Crippen LogP contribution in [0.25, 0.3) is 11.5 Å². The lowest BCUT2D eigenvalue weighted by atomic mass is 9.96. The molecular formula is C19H24N6S. The van der Waals surface area contributed by atoms with E-state index in [-0.39, 0.29) is 0 Å². The Morgan fingerprint density at radius 2 is 2.12 bits per heavy atom. The van der Waals surface area contributed by atoms with Gasteiger partial charge in [0.15, 0.2) is 5.82 Å². The molecule has 0 N–H and O–H groups in total. The van der Waals surface area contributed by atoms with Crippen molar-refractivity contribution < 1.29 is 0 Å². The molecule has 4 rings (SSSR count). The summed E-state index contributed by atoms with van der Waals surface area (Å²) in [4.78, 5) is 22.3. The molecule has 1 atom stereocenters. The largest absolute Gasteiger partial charge is 0.333 e. The Balaban J connectivity index is 1.56. The third-order valence-corrected chi connectivity index (χ3v) is 5.92. The van der Waals surface area contributed by atoms with Gasteiger partial charge in [0.2, 0.25) is 0 Å². The fraction of sp³-hybridized carbons (Fsp3) is 0.474. The minimum absolute atomic E-state index is 0.371. The summed E-state index contributed by atoms with van der Waals surface area (Å²) in [6, 6.07) is 2.02.